The lowest BCUT2D eigenvalue weighted by Crippen LogP contribution is -2.18. The molecule has 0 heterocycles. The largest absolute Gasteiger partial charge is 0.573 e. The van der Waals surface area contributed by atoms with E-state index in [9.17, 15) is 18.0 Å². The van der Waals surface area contributed by atoms with Crippen molar-refractivity contribution in [3.63, 3.8) is 0 Å². The Kier molecular flexibility index (Phi) is 5.49. The lowest BCUT2D eigenvalue weighted by atomic mass is 10.0. The van der Waals surface area contributed by atoms with E-state index in [2.05, 4.69) is 4.74 Å². The second-order valence-corrected chi connectivity index (χ2v) is 5.65. The zero-order valence-corrected chi connectivity index (χ0v) is 13.3. The van der Waals surface area contributed by atoms with E-state index in [1.807, 2.05) is 13.8 Å². The van der Waals surface area contributed by atoms with Crippen LogP contribution in [0.5, 0.6) is 11.5 Å². The van der Waals surface area contributed by atoms with Gasteiger partial charge in [0, 0.05) is 5.56 Å². The zero-order valence-electron chi connectivity index (χ0n) is 13.3. The van der Waals surface area contributed by atoms with Crippen LogP contribution >= 0.6 is 0 Å². The van der Waals surface area contributed by atoms with Crippen LogP contribution in [0.2, 0.25) is 0 Å². The predicted octanol–water partition coefficient (Wildman–Crippen LogP) is 5.10. The molecule has 0 saturated heterocycles. The Balaban J connectivity index is 2.35. The molecule has 0 bridgehead atoms. The fourth-order valence-electron chi connectivity index (χ4n) is 2.02. The van der Waals surface area contributed by atoms with E-state index in [1.54, 1.807) is 30.3 Å². The highest BCUT2D eigenvalue weighted by Crippen LogP contribution is 2.36. The van der Waals surface area contributed by atoms with E-state index in [0.717, 1.165) is 0 Å². The Morgan fingerprint density at radius 2 is 1.62 bits per heavy atom. The van der Waals surface area contributed by atoms with E-state index in [-0.39, 0.29) is 24.0 Å². The van der Waals surface area contributed by atoms with Crippen LogP contribution in [0, 0.1) is 5.92 Å². The predicted molar refractivity (Wildman–Crippen MR) is 84.3 cm³/mol. The first-order chi connectivity index (χ1) is 11.3. The summed E-state index contributed by atoms with van der Waals surface area (Å²) in [5.41, 5.74) is 1.69. The Morgan fingerprint density at radius 1 is 1.00 bits per heavy atom. The van der Waals surface area contributed by atoms with Crippen molar-refractivity contribution in [2.45, 2.75) is 20.2 Å². The van der Waals surface area contributed by atoms with Gasteiger partial charge in [0.15, 0.2) is 11.5 Å². The summed E-state index contributed by atoms with van der Waals surface area (Å²) in [7, 11) is 0. The Bertz CT molecular complexity index is 692. The first-order valence-electron chi connectivity index (χ1n) is 7.36. The average molecular weight is 338 g/mol. The Morgan fingerprint density at radius 3 is 2.17 bits per heavy atom. The summed E-state index contributed by atoms with van der Waals surface area (Å²) in [4.78, 5) is 10.7. The second kappa shape index (κ2) is 7.38. The number of ether oxygens (including phenoxy) is 2. The van der Waals surface area contributed by atoms with Gasteiger partial charge in [-0.3, -0.25) is 4.79 Å². The Hall–Kier alpha value is -2.50. The van der Waals surface area contributed by atoms with E-state index in [0.29, 0.717) is 23.0 Å². The highest BCUT2D eigenvalue weighted by Gasteiger charge is 2.32. The molecule has 0 aliphatic rings. The molecule has 0 amide bonds. The van der Waals surface area contributed by atoms with Crippen molar-refractivity contribution in [2.75, 3.05) is 6.61 Å². The van der Waals surface area contributed by atoms with Gasteiger partial charge < -0.3 is 9.47 Å². The summed E-state index contributed by atoms with van der Waals surface area (Å²) in [6, 6.07) is 10.9. The van der Waals surface area contributed by atoms with Gasteiger partial charge in [-0.15, -0.1) is 13.2 Å². The van der Waals surface area contributed by atoms with Crippen LogP contribution < -0.4 is 9.47 Å². The number of alkyl halides is 3. The van der Waals surface area contributed by atoms with Gasteiger partial charge >= 0.3 is 6.36 Å². The molecular weight excluding hydrogens is 321 g/mol. The maximum atomic E-state index is 12.6. The van der Waals surface area contributed by atoms with Crippen molar-refractivity contribution in [1.82, 2.24) is 0 Å². The molecule has 3 nitrogen and oxygen atoms in total. The molecule has 2 rings (SSSR count). The fourth-order valence-corrected chi connectivity index (χ4v) is 2.02. The molecule has 0 unspecified atom stereocenters. The van der Waals surface area contributed by atoms with Gasteiger partial charge in [0.1, 0.15) is 6.29 Å². The number of hydrogen-bond acceptors (Lipinski definition) is 3. The van der Waals surface area contributed by atoms with Crippen LogP contribution in [0.3, 0.4) is 0 Å². The number of carbonyl (C=O) groups is 1. The number of hydrogen-bond donors (Lipinski definition) is 0. The highest BCUT2D eigenvalue weighted by molar-refractivity contribution is 5.77. The zero-order chi connectivity index (χ0) is 17.7. The van der Waals surface area contributed by atoms with Gasteiger partial charge in [-0.2, -0.15) is 0 Å². The summed E-state index contributed by atoms with van der Waals surface area (Å²) in [5.74, 6) is -0.186. The number of aldehydes is 1. The van der Waals surface area contributed by atoms with Gasteiger partial charge in [-0.1, -0.05) is 44.2 Å². The standard InChI is InChI=1S/C18H17F3O3/c1-12(2)11-23-16-8-7-15(9-17(16)24-18(19,20)21)14-5-3-13(10-22)4-6-14/h3-10,12H,11H2,1-2H3. The maximum absolute atomic E-state index is 12.6. The molecule has 6 heteroatoms. The first kappa shape index (κ1) is 17.8. The number of rotatable bonds is 6. The summed E-state index contributed by atoms with van der Waals surface area (Å²) in [5, 5.41) is 0. The molecule has 0 atom stereocenters. The number of carbonyl (C=O) groups excluding carboxylic acids is 1. The lowest BCUT2D eigenvalue weighted by molar-refractivity contribution is -0.275. The lowest BCUT2D eigenvalue weighted by Gasteiger charge is -2.16. The molecule has 2 aromatic carbocycles. The minimum Gasteiger partial charge on any atom is -0.489 e. The van der Waals surface area contributed by atoms with Crippen LogP contribution in [0.15, 0.2) is 42.5 Å². The second-order valence-electron chi connectivity index (χ2n) is 5.65. The molecular formula is C18H17F3O3. The van der Waals surface area contributed by atoms with Crippen molar-refractivity contribution < 1.29 is 27.4 Å². The molecule has 2 aromatic rings. The van der Waals surface area contributed by atoms with Crippen molar-refractivity contribution in [2.24, 2.45) is 5.92 Å². The van der Waals surface area contributed by atoms with Crippen LogP contribution in [-0.2, 0) is 0 Å². The molecule has 0 spiro atoms. The molecule has 0 radical (unpaired) electrons. The molecule has 24 heavy (non-hydrogen) atoms. The molecule has 0 aliphatic heterocycles. The van der Waals surface area contributed by atoms with Gasteiger partial charge in [-0.05, 0) is 29.2 Å². The van der Waals surface area contributed by atoms with Crippen LogP contribution in [0.25, 0.3) is 11.1 Å². The number of benzene rings is 2. The monoisotopic (exact) mass is 338 g/mol. The van der Waals surface area contributed by atoms with Crippen LogP contribution in [0.4, 0.5) is 13.2 Å². The van der Waals surface area contributed by atoms with Crippen molar-refractivity contribution >= 4 is 6.29 Å². The molecule has 128 valence electrons. The van der Waals surface area contributed by atoms with E-state index < -0.39 is 6.36 Å². The fraction of sp³-hybridized carbons (Fsp3) is 0.278. The number of halogens is 3. The minimum absolute atomic E-state index is 0.0364. The molecule has 0 aromatic heterocycles. The molecule has 0 aliphatic carbocycles. The van der Waals surface area contributed by atoms with Crippen LogP contribution in [-0.4, -0.2) is 19.3 Å². The first-order valence-corrected chi connectivity index (χ1v) is 7.36. The third-order valence-corrected chi connectivity index (χ3v) is 3.12. The van der Waals surface area contributed by atoms with Crippen molar-refractivity contribution in [3.05, 3.63) is 48.0 Å². The molecule has 0 N–H and O–H groups in total. The summed E-state index contributed by atoms with van der Waals surface area (Å²) in [6.07, 6.45) is -4.11. The SMILES string of the molecule is CC(C)COc1ccc(-c2ccc(C=O)cc2)cc1OC(F)(F)F. The minimum atomic E-state index is -4.81. The molecule has 0 saturated carbocycles. The van der Waals surface area contributed by atoms with E-state index in [1.165, 1.54) is 12.1 Å². The Labute approximate surface area is 138 Å². The third kappa shape index (κ3) is 5.01. The smallest absolute Gasteiger partial charge is 0.489 e. The van der Waals surface area contributed by atoms with Gasteiger partial charge in [0.05, 0.1) is 6.61 Å². The maximum Gasteiger partial charge on any atom is 0.573 e. The summed E-state index contributed by atoms with van der Waals surface area (Å²) < 4.78 is 47.4. The molecule has 0 fully saturated rings. The summed E-state index contributed by atoms with van der Waals surface area (Å²) in [6.45, 7) is 4.07. The normalized spacial score (nSPS) is 11.4. The van der Waals surface area contributed by atoms with Gasteiger partial charge in [-0.25, -0.2) is 0 Å². The topological polar surface area (TPSA) is 35.5 Å². The van der Waals surface area contributed by atoms with Crippen molar-refractivity contribution in [3.8, 4) is 22.6 Å². The van der Waals surface area contributed by atoms with E-state index >= 15 is 0 Å². The average Bonchev–Trinajstić information content (AvgIpc) is 2.52. The van der Waals surface area contributed by atoms with Gasteiger partial charge in [0.25, 0.3) is 0 Å². The van der Waals surface area contributed by atoms with E-state index in [4.69, 9.17) is 4.74 Å². The highest BCUT2D eigenvalue weighted by atomic mass is 19.4. The van der Waals surface area contributed by atoms with Crippen molar-refractivity contribution in [1.29, 1.82) is 0 Å². The van der Waals surface area contributed by atoms with Gasteiger partial charge in [0.2, 0.25) is 0 Å². The summed E-state index contributed by atoms with van der Waals surface area (Å²) >= 11 is 0. The quantitative estimate of drug-likeness (QED) is 0.688. The third-order valence-electron chi connectivity index (χ3n) is 3.12. The van der Waals surface area contributed by atoms with Crippen LogP contribution in [0.1, 0.15) is 24.2 Å².